The number of nitrogens with one attached hydrogen (secondary N) is 1. The summed E-state index contributed by atoms with van der Waals surface area (Å²) in [5.41, 5.74) is 4.24. The molecular weight excluding hydrogens is 224 g/mol. The lowest BCUT2D eigenvalue weighted by Gasteiger charge is -2.10. The van der Waals surface area contributed by atoms with E-state index in [2.05, 4.69) is 16.4 Å². The van der Waals surface area contributed by atoms with Gasteiger partial charge in [0.05, 0.1) is 12.8 Å². The van der Waals surface area contributed by atoms with Gasteiger partial charge in [0.2, 0.25) is 0 Å². The van der Waals surface area contributed by atoms with Crippen LogP contribution in [0.5, 0.6) is 5.75 Å². The van der Waals surface area contributed by atoms with Crippen molar-refractivity contribution in [3.63, 3.8) is 0 Å². The van der Waals surface area contributed by atoms with Crippen molar-refractivity contribution < 1.29 is 4.74 Å². The number of para-hydroxylation sites is 1. The van der Waals surface area contributed by atoms with Crippen LogP contribution < -0.4 is 10.1 Å². The van der Waals surface area contributed by atoms with Gasteiger partial charge in [-0.05, 0) is 37.7 Å². The highest BCUT2D eigenvalue weighted by atomic mass is 16.5. The lowest BCUT2D eigenvalue weighted by molar-refractivity contribution is 0.416. The predicted octanol–water partition coefficient (Wildman–Crippen LogP) is 2.79. The molecule has 0 saturated heterocycles. The molecule has 0 fully saturated rings. The molecule has 18 heavy (non-hydrogen) atoms. The van der Waals surface area contributed by atoms with Crippen LogP contribution in [-0.2, 0) is 6.54 Å². The van der Waals surface area contributed by atoms with Gasteiger partial charge in [0.1, 0.15) is 5.75 Å². The monoisotopic (exact) mass is 242 g/mol. The van der Waals surface area contributed by atoms with Gasteiger partial charge in [0, 0.05) is 17.8 Å². The number of pyridine rings is 1. The van der Waals surface area contributed by atoms with Gasteiger partial charge in [-0.25, -0.2) is 0 Å². The first-order valence-corrected chi connectivity index (χ1v) is 6.00. The highest BCUT2D eigenvalue weighted by Crippen LogP contribution is 2.28. The molecule has 0 bridgehead atoms. The topological polar surface area (TPSA) is 34.1 Å². The average Bonchev–Trinajstić information content (AvgIpc) is 2.41. The van der Waals surface area contributed by atoms with Gasteiger partial charge >= 0.3 is 0 Å². The molecule has 0 unspecified atom stereocenters. The normalized spacial score (nSPS) is 10.4. The van der Waals surface area contributed by atoms with Crippen LogP contribution in [0, 0.1) is 6.92 Å². The Labute approximate surface area is 108 Å². The summed E-state index contributed by atoms with van der Waals surface area (Å²) in [6.07, 6.45) is 0. The standard InChI is InChI=1S/C15H18N2O/c1-11-12(10-16-2)8-9-14(17-11)13-6-4-5-7-15(13)18-3/h4-9,16H,10H2,1-3H3. The molecule has 1 aromatic carbocycles. The first-order chi connectivity index (χ1) is 8.76. The summed E-state index contributed by atoms with van der Waals surface area (Å²) < 4.78 is 5.37. The zero-order chi connectivity index (χ0) is 13.0. The minimum atomic E-state index is 0.838. The maximum Gasteiger partial charge on any atom is 0.128 e. The molecule has 2 rings (SSSR count). The van der Waals surface area contributed by atoms with Gasteiger partial charge in [-0.2, -0.15) is 0 Å². The Hall–Kier alpha value is -1.87. The SMILES string of the molecule is CNCc1ccc(-c2ccccc2OC)nc1C. The van der Waals surface area contributed by atoms with Gasteiger partial charge in [-0.3, -0.25) is 4.98 Å². The Morgan fingerprint density at radius 1 is 1.17 bits per heavy atom. The van der Waals surface area contributed by atoms with Crippen LogP contribution >= 0.6 is 0 Å². The fourth-order valence-electron chi connectivity index (χ4n) is 1.97. The molecule has 1 heterocycles. The molecular formula is C15H18N2O. The summed E-state index contributed by atoms with van der Waals surface area (Å²) in [4.78, 5) is 4.65. The lowest BCUT2D eigenvalue weighted by Crippen LogP contribution is -2.07. The summed E-state index contributed by atoms with van der Waals surface area (Å²) in [6, 6.07) is 12.1. The highest BCUT2D eigenvalue weighted by Gasteiger charge is 2.07. The van der Waals surface area contributed by atoms with Crippen molar-refractivity contribution in [2.75, 3.05) is 14.2 Å². The van der Waals surface area contributed by atoms with Crippen LogP contribution in [0.2, 0.25) is 0 Å². The number of nitrogens with zero attached hydrogens (tertiary/aromatic N) is 1. The van der Waals surface area contributed by atoms with Crippen molar-refractivity contribution in [1.29, 1.82) is 0 Å². The molecule has 0 aliphatic rings. The van der Waals surface area contributed by atoms with Gasteiger partial charge in [-0.15, -0.1) is 0 Å². The molecule has 0 spiro atoms. The number of aryl methyl sites for hydroxylation is 1. The average molecular weight is 242 g/mol. The number of methoxy groups -OCH3 is 1. The maximum absolute atomic E-state index is 5.37. The molecule has 3 heteroatoms. The van der Waals surface area contributed by atoms with E-state index < -0.39 is 0 Å². The molecule has 1 aromatic heterocycles. The predicted molar refractivity (Wildman–Crippen MR) is 73.7 cm³/mol. The first kappa shape index (κ1) is 12.6. The number of hydrogen-bond acceptors (Lipinski definition) is 3. The van der Waals surface area contributed by atoms with Crippen LogP contribution in [0.25, 0.3) is 11.3 Å². The molecule has 3 nitrogen and oxygen atoms in total. The van der Waals surface area contributed by atoms with Gasteiger partial charge in [0.15, 0.2) is 0 Å². The van der Waals surface area contributed by atoms with Crippen LogP contribution in [0.3, 0.4) is 0 Å². The fourth-order valence-corrected chi connectivity index (χ4v) is 1.97. The van der Waals surface area contributed by atoms with Crippen molar-refractivity contribution in [2.24, 2.45) is 0 Å². The van der Waals surface area contributed by atoms with Crippen molar-refractivity contribution in [3.05, 3.63) is 47.7 Å². The molecule has 94 valence electrons. The zero-order valence-corrected chi connectivity index (χ0v) is 11.0. The fraction of sp³-hybridized carbons (Fsp3) is 0.267. The van der Waals surface area contributed by atoms with E-state index in [1.54, 1.807) is 7.11 Å². The summed E-state index contributed by atoms with van der Waals surface area (Å²) in [5, 5.41) is 3.14. The van der Waals surface area contributed by atoms with Gasteiger partial charge in [0.25, 0.3) is 0 Å². The van der Waals surface area contributed by atoms with E-state index in [9.17, 15) is 0 Å². The zero-order valence-electron chi connectivity index (χ0n) is 11.0. The van der Waals surface area contributed by atoms with Crippen LogP contribution in [0.1, 0.15) is 11.3 Å². The Balaban J connectivity index is 2.42. The summed E-state index contributed by atoms with van der Waals surface area (Å²) in [6.45, 7) is 2.87. The number of benzene rings is 1. The number of rotatable bonds is 4. The second-order valence-corrected chi connectivity index (χ2v) is 4.17. The third-order valence-corrected chi connectivity index (χ3v) is 2.95. The second-order valence-electron chi connectivity index (χ2n) is 4.17. The smallest absolute Gasteiger partial charge is 0.128 e. The third kappa shape index (κ3) is 2.51. The van der Waals surface area contributed by atoms with E-state index in [4.69, 9.17) is 4.74 Å². The minimum Gasteiger partial charge on any atom is -0.496 e. The van der Waals surface area contributed by atoms with Gasteiger partial charge < -0.3 is 10.1 Å². The minimum absolute atomic E-state index is 0.838. The number of aromatic nitrogens is 1. The largest absolute Gasteiger partial charge is 0.496 e. The van der Waals surface area contributed by atoms with Crippen molar-refractivity contribution in [2.45, 2.75) is 13.5 Å². The molecule has 0 atom stereocenters. The Bertz CT molecular complexity index is 538. The number of hydrogen-bond donors (Lipinski definition) is 1. The van der Waals surface area contributed by atoms with E-state index in [0.717, 1.165) is 29.2 Å². The quantitative estimate of drug-likeness (QED) is 0.895. The molecule has 0 saturated carbocycles. The molecule has 2 aromatic rings. The van der Waals surface area contributed by atoms with E-state index >= 15 is 0 Å². The second kappa shape index (κ2) is 5.65. The van der Waals surface area contributed by atoms with Crippen LogP contribution in [0.15, 0.2) is 36.4 Å². The van der Waals surface area contributed by atoms with E-state index in [1.807, 2.05) is 44.3 Å². The number of ether oxygens (including phenoxy) is 1. The maximum atomic E-state index is 5.37. The Morgan fingerprint density at radius 2 is 1.94 bits per heavy atom. The Morgan fingerprint density at radius 3 is 2.61 bits per heavy atom. The highest BCUT2D eigenvalue weighted by molar-refractivity contribution is 5.67. The van der Waals surface area contributed by atoms with E-state index in [1.165, 1.54) is 5.56 Å². The third-order valence-electron chi connectivity index (χ3n) is 2.95. The van der Waals surface area contributed by atoms with E-state index in [0.29, 0.717) is 0 Å². The summed E-state index contributed by atoms with van der Waals surface area (Å²) in [5.74, 6) is 0.853. The van der Waals surface area contributed by atoms with Crippen molar-refractivity contribution in [1.82, 2.24) is 10.3 Å². The molecule has 0 aliphatic carbocycles. The molecule has 1 N–H and O–H groups in total. The molecule has 0 aliphatic heterocycles. The molecule has 0 amide bonds. The Kier molecular flexibility index (Phi) is 3.95. The van der Waals surface area contributed by atoms with Crippen molar-refractivity contribution in [3.8, 4) is 17.0 Å². The van der Waals surface area contributed by atoms with Gasteiger partial charge in [-0.1, -0.05) is 18.2 Å². The van der Waals surface area contributed by atoms with Crippen LogP contribution in [0.4, 0.5) is 0 Å². The lowest BCUT2D eigenvalue weighted by atomic mass is 10.1. The van der Waals surface area contributed by atoms with Crippen LogP contribution in [-0.4, -0.2) is 19.1 Å². The van der Waals surface area contributed by atoms with Crippen molar-refractivity contribution >= 4 is 0 Å². The molecule has 0 radical (unpaired) electrons. The summed E-state index contributed by atoms with van der Waals surface area (Å²) in [7, 11) is 3.62. The van der Waals surface area contributed by atoms with E-state index in [-0.39, 0.29) is 0 Å². The first-order valence-electron chi connectivity index (χ1n) is 6.00. The summed E-state index contributed by atoms with van der Waals surface area (Å²) >= 11 is 0.